The van der Waals surface area contributed by atoms with Gasteiger partial charge in [-0.2, -0.15) is 0 Å². The summed E-state index contributed by atoms with van der Waals surface area (Å²) in [5.74, 6) is 0. The van der Waals surface area contributed by atoms with Crippen LogP contribution in [0.2, 0.25) is 5.02 Å². The van der Waals surface area contributed by atoms with Crippen molar-refractivity contribution in [3.63, 3.8) is 0 Å². The van der Waals surface area contributed by atoms with Gasteiger partial charge in [0.05, 0.1) is 13.2 Å². The van der Waals surface area contributed by atoms with Crippen LogP contribution in [0.25, 0.3) is 0 Å². The third-order valence-corrected chi connectivity index (χ3v) is 3.70. The van der Waals surface area contributed by atoms with Gasteiger partial charge in [0, 0.05) is 17.5 Å². The molecule has 0 amide bonds. The molecule has 1 aliphatic heterocycles. The fourth-order valence-electron chi connectivity index (χ4n) is 2.20. The van der Waals surface area contributed by atoms with Crippen LogP contribution in [0.3, 0.4) is 0 Å². The third kappa shape index (κ3) is 3.69. The van der Waals surface area contributed by atoms with Crippen LogP contribution in [0.5, 0.6) is 0 Å². The van der Waals surface area contributed by atoms with Gasteiger partial charge in [0.1, 0.15) is 0 Å². The maximum absolute atomic E-state index is 6.03. The monoisotopic (exact) mass is 269 g/mol. The standard InChI is InChI=1S/C14H20ClNO2/c1-10-7-11(3-4-13(10)15)8-12(16-2)9-14-17-5-6-18-14/h3-4,7,12,14,16H,5-6,8-9H2,1-2H3. The molecule has 1 unspecified atom stereocenters. The van der Waals surface area contributed by atoms with Crippen molar-refractivity contribution < 1.29 is 9.47 Å². The lowest BCUT2D eigenvalue weighted by Gasteiger charge is -2.19. The van der Waals surface area contributed by atoms with Gasteiger partial charge in [0.2, 0.25) is 0 Å². The Morgan fingerprint density at radius 2 is 2.11 bits per heavy atom. The fraction of sp³-hybridized carbons (Fsp3) is 0.571. The quantitative estimate of drug-likeness (QED) is 0.891. The number of benzene rings is 1. The average molecular weight is 270 g/mol. The van der Waals surface area contributed by atoms with E-state index in [1.165, 1.54) is 5.56 Å². The highest BCUT2D eigenvalue weighted by molar-refractivity contribution is 6.31. The van der Waals surface area contributed by atoms with Crippen LogP contribution in [-0.4, -0.2) is 32.6 Å². The molecule has 3 nitrogen and oxygen atoms in total. The van der Waals surface area contributed by atoms with Crippen LogP contribution < -0.4 is 5.32 Å². The summed E-state index contributed by atoms with van der Waals surface area (Å²) < 4.78 is 11.0. The van der Waals surface area contributed by atoms with E-state index in [2.05, 4.69) is 17.4 Å². The zero-order valence-corrected chi connectivity index (χ0v) is 11.7. The molecule has 1 atom stereocenters. The molecular formula is C14H20ClNO2. The Morgan fingerprint density at radius 3 is 2.72 bits per heavy atom. The van der Waals surface area contributed by atoms with Crippen molar-refractivity contribution >= 4 is 11.6 Å². The topological polar surface area (TPSA) is 30.5 Å². The van der Waals surface area contributed by atoms with E-state index in [1.807, 2.05) is 20.0 Å². The smallest absolute Gasteiger partial charge is 0.159 e. The second-order valence-corrected chi connectivity index (χ2v) is 5.09. The Labute approximate surface area is 113 Å². The highest BCUT2D eigenvalue weighted by Crippen LogP contribution is 2.19. The molecule has 0 spiro atoms. The molecule has 0 aliphatic carbocycles. The van der Waals surface area contributed by atoms with Crippen molar-refractivity contribution in [1.29, 1.82) is 0 Å². The minimum Gasteiger partial charge on any atom is -0.350 e. The van der Waals surface area contributed by atoms with Crippen molar-refractivity contribution in [2.24, 2.45) is 0 Å². The predicted molar refractivity (Wildman–Crippen MR) is 73.0 cm³/mol. The van der Waals surface area contributed by atoms with Crippen LogP contribution in [0.15, 0.2) is 18.2 Å². The summed E-state index contributed by atoms with van der Waals surface area (Å²) in [4.78, 5) is 0. The van der Waals surface area contributed by atoms with Crippen molar-refractivity contribution in [1.82, 2.24) is 5.32 Å². The lowest BCUT2D eigenvalue weighted by Crippen LogP contribution is -2.32. The highest BCUT2D eigenvalue weighted by Gasteiger charge is 2.20. The van der Waals surface area contributed by atoms with Gasteiger partial charge >= 0.3 is 0 Å². The number of likely N-dealkylation sites (N-methyl/N-ethyl adjacent to an activating group) is 1. The van der Waals surface area contributed by atoms with Gasteiger partial charge in [-0.05, 0) is 37.6 Å². The number of rotatable bonds is 5. The maximum atomic E-state index is 6.03. The van der Waals surface area contributed by atoms with E-state index < -0.39 is 0 Å². The molecule has 1 heterocycles. The molecule has 1 fully saturated rings. The molecule has 1 aromatic rings. The summed E-state index contributed by atoms with van der Waals surface area (Å²) in [6, 6.07) is 6.54. The molecule has 0 saturated carbocycles. The van der Waals surface area contributed by atoms with Gasteiger partial charge in [-0.1, -0.05) is 23.7 Å². The molecule has 1 aliphatic rings. The summed E-state index contributed by atoms with van der Waals surface area (Å²) in [6.45, 7) is 3.45. The summed E-state index contributed by atoms with van der Waals surface area (Å²) in [5, 5.41) is 4.14. The average Bonchev–Trinajstić information content (AvgIpc) is 2.86. The number of hydrogen-bond acceptors (Lipinski definition) is 3. The molecular weight excluding hydrogens is 250 g/mol. The molecule has 2 rings (SSSR count). The number of aryl methyl sites for hydroxylation is 1. The first-order valence-electron chi connectivity index (χ1n) is 6.34. The van der Waals surface area contributed by atoms with Gasteiger partial charge in [0.15, 0.2) is 6.29 Å². The van der Waals surface area contributed by atoms with Gasteiger partial charge in [0.25, 0.3) is 0 Å². The van der Waals surface area contributed by atoms with Crippen LogP contribution in [0.4, 0.5) is 0 Å². The van der Waals surface area contributed by atoms with Crippen LogP contribution in [-0.2, 0) is 15.9 Å². The van der Waals surface area contributed by atoms with Crippen LogP contribution in [0.1, 0.15) is 17.5 Å². The SMILES string of the molecule is CNC(Cc1ccc(Cl)c(C)c1)CC1OCCO1. The van der Waals surface area contributed by atoms with Crippen molar-refractivity contribution in [3.05, 3.63) is 34.3 Å². The summed E-state index contributed by atoms with van der Waals surface area (Å²) in [7, 11) is 1.97. The first kappa shape index (κ1) is 13.8. The molecule has 18 heavy (non-hydrogen) atoms. The fourth-order valence-corrected chi connectivity index (χ4v) is 2.31. The zero-order chi connectivity index (χ0) is 13.0. The Kier molecular flexibility index (Phi) is 5.01. The number of halogens is 1. The van der Waals surface area contributed by atoms with Gasteiger partial charge < -0.3 is 14.8 Å². The van der Waals surface area contributed by atoms with E-state index in [-0.39, 0.29) is 6.29 Å². The first-order chi connectivity index (χ1) is 8.69. The number of hydrogen-bond donors (Lipinski definition) is 1. The third-order valence-electron chi connectivity index (χ3n) is 3.28. The van der Waals surface area contributed by atoms with Gasteiger partial charge in [-0.3, -0.25) is 0 Å². The van der Waals surface area contributed by atoms with E-state index in [9.17, 15) is 0 Å². The predicted octanol–water partition coefficient (Wildman–Crippen LogP) is 2.54. The second kappa shape index (κ2) is 6.53. The lowest BCUT2D eigenvalue weighted by atomic mass is 10.0. The molecule has 4 heteroatoms. The summed E-state index contributed by atoms with van der Waals surface area (Å²) in [6.07, 6.45) is 1.77. The van der Waals surface area contributed by atoms with Gasteiger partial charge in [-0.15, -0.1) is 0 Å². The number of nitrogens with one attached hydrogen (secondary N) is 1. The second-order valence-electron chi connectivity index (χ2n) is 4.68. The highest BCUT2D eigenvalue weighted by atomic mass is 35.5. The Bertz CT molecular complexity index is 391. The van der Waals surface area contributed by atoms with E-state index in [4.69, 9.17) is 21.1 Å². The van der Waals surface area contributed by atoms with E-state index in [0.717, 1.165) is 23.4 Å². The largest absolute Gasteiger partial charge is 0.350 e. The van der Waals surface area contributed by atoms with E-state index in [1.54, 1.807) is 0 Å². The van der Waals surface area contributed by atoms with E-state index in [0.29, 0.717) is 19.3 Å². The van der Waals surface area contributed by atoms with E-state index >= 15 is 0 Å². The number of ether oxygens (including phenoxy) is 2. The van der Waals surface area contributed by atoms with Crippen LogP contribution >= 0.6 is 11.6 Å². The Hall–Kier alpha value is -0.610. The Morgan fingerprint density at radius 1 is 1.39 bits per heavy atom. The van der Waals surface area contributed by atoms with Crippen molar-refractivity contribution in [2.75, 3.05) is 20.3 Å². The van der Waals surface area contributed by atoms with Gasteiger partial charge in [-0.25, -0.2) is 0 Å². The minimum absolute atomic E-state index is 0.0594. The molecule has 0 aromatic heterocycles. The lowest BCUT2D eigenvalue weighted by molar-refractivity contribution is -0.0522. The van der Waals surface area contributed by atoms with Crippen molar-refractivity contribution in [2.45, 2.75) is 32.1 Å². The Balaban J connectivity index is 1.94. The molecule has 1 aromatic carbocycles. The first-order valence-corrected chi connectivity index (χ1v) is 6.72. The van der Waals surface area contributed by atoms with Crippen molar-refractivity contribution in [3.8, 4) is 0 Å². The molecule has 1 saturated heterocycles. The summed E-state index contributed by atoms with van der Waals surface area (Å²) >= 11 is 6.03. The molecule has 100 valence electrons. The normalized spacial score (nSPS) is 18.2. The molecule has 0 radical (unpaired) electrons. The summed E-state index contributed by atoms with van der Waals surface area (Å²) in [5.41, 5.74) is 2.41. The maximum Gasteiger partial charge on any atom is 0.159 e. The molecule has 1 N–H and O–H groups in total. The zero-order valence-electron chi connectivity index (χ0n) is 10.9. The minimum atomic E-state index is -0.0594. The molecule has 0 bridgehead atoms. The van der Waals surface area contributed by atoms with Crippen LogP contribution in [0, 0.1) is 6.92 Å².